The predicted octanol–water partition coefficient (Wildman–Crippen LogP) is 3.03. The van der Waals surface area contributed by atoms with E-state index in [-0.39, 0.29) is 0 Å². The second-order valence-corrected chi connectivity index (χ2v) is 5.13. The third-order valence-electron chi connectivity index (χ3n) is 3.46. The van der Waals surface area contributed by atoms with E-state index in [4.69, 9.17) is 0 Å². The molecule has 0 spiro atoms. The van der Waals surface area contributed by atoms with Gasteiger partial charge < -0.3 is 5.32 Å². The van der Waals surface area contributed by atoms with Crippen LogP contribution >= 0.6 is 0 Å². The minimum atomic E-state index is -4.51. The largest absolute Gasteiger partial charge is 0.416 e. The lowest BCUT2D eigenvalue weighted by atomic mass is 10.1. The number of benzene rings is 1. The molecule has 1 heterocycles. The van der Waals surface area contributed by atoms with Crippen LogP contribution in [0.4, 0.5) is 17.6 Å². The summed E-state index contributed by atoms with van der Waals surface area (Å²) in [5.74, 6) is -0.835. The molecule has 0 unspecified atom stereocenters. The summed E-state index contributed by atoms with van der Waals surface area (Å²) in [4.78, 5) is 2.10. The molecule has 1 aliphatic heterocycles. The average Bonchev–Trinajstić information content (AvgIpc) is 2.24. The quantitative estimate of drug-likeness (QED) is 0.839. The highest BCUT2D eigenvalue weighted by atomic mass is 19.4. The van der Waals surface area contributed by atoms with Gasteiger partial charge in [0.2, 0.25) is 0 Å². The van der Waals surface area contributed by atoms with Crippen molar-refractivity contribution in [2.24, 2.45) is 0 Å². The fraction of sp³-hybridized carbons (Fsp3) is 0.571. The van der Waals surface area contributed by atoms with Crippen LogP contribution < -0.4 is 5.32 Å². The van der Waals surface area contributed by atoms with Gasteiger partial charge in [0.05, 0.1) is 5.56 Å². The van der Waals surface area contributed by atoms with Crippen molar-refractivity contribution in [1.29, 1.82) is 0 Å². The topological polar surface area (TPSA) is 15.3 Å². The molecule has 0 amide bonds. The number of rotatable bonds is 5. The van der Waals surface area contributed by atoms with Crippen LogP contribution in [0.1, 0.15) is 24.5 Å². The Hall–Kier alpha value is -1.14. The Kier molecular flexibility index (Phi) is 4.65. The fourth-order valence-electron chi connectivity index (χ4n) is 2.35. The highest BCUT2D eigenvalue weighted by Gasteiger charge is 2.32. The number of halogens is 4. The number of hydrogen-bond donors (Lipinski definition) is 1. The lowest BCUT2D eigenvalue weighted by Crippen LogP contribution is -2.56. The van der Waals surface area contributed by atoms with E-state index in [2.05, 4.69) is 10.2 Å². The van der Waals surface area contributed by atoms with Crippen molar-refractivity contribution < 1.29 is 17.6 Å². The molecule has 1 aliphatic rings. The Bertz CT molecular complexity index is 455. The maximum Gasteiger partial charge on any atom is 0.416 e. The highest BCUT2D eigenvalue weighted by Crippen LogP contribution is 2.30. The van der Waals surface area contributed by atoms with Gasteiger partial charge in [-0.25, -0.2) is 4.39 Å². The lowest BCUT2D eigenvalue weighted by molar-refractivity contribution is -0.137. The van der Waals surface area contributed by atoms with Gasteiger partial charge >= 0.3 is 6.18 Å². The number of nitrogens with one attached hydrogen (secondary N) is 1. The molecule has 1 aromatic carbocycles. The minimum Gasteiger partial charge on any atom is -0.314 e. The number of alkyl halides is 3. The van der Waals surface area contributed by atoms with Gasteiger partial charge in [-0.2, -0.15) is 13.2 Å². The van der Waals surface area contributed by atoms with Gasteiger partial charge in [-0.15, -0.1) is 0 Å². The summed E-state index contributed by atoms with van der Waals surface area (Å²) in [6, 6.07) is 3.09. The molecule has 20 heavy (non-hydrogen) atoms. The summed E-state index contributed by atoms with van der Waals surface area (Å²) < 4.78 is 51.4. The van der Waals surface area contributed by atoms with Gasteiger partial charge in [-0.3, -0.25) is 4.90 Å². The summed E-state index contributed by atoms with van der Waals surface area (Å²) >= 11 is 0. The third-order valence-corrected chi connectivity index (χ3v) is 3.46. The van der Waals surface area contributed by atoms with Crippen LogP contribution in [0.5, 0.6) is 0 Å². The third kappa shape index (κ3) is 3.70. The SMILES string of the molecule is CCCN(Cc1cc(F)cc(C(F)(F)F)c1)C1CNC1. The Morgan fingerprint density at radius 3 is 2.45 bits per heavy atom. The van der Waals surface area contributed by atoms with Gasteiger partial charge in [0.25, 0.3) is 0 Å². The number of hydrogen-bond acceptors (Lipinski definition) is 2. The van der Waals surface area contributed by atoms with E-state index in [1.165, 1.54) is 6.07 Å². The molecule has 0 radical (unpaired) electrons. The second kappa shape index (κ2) is 6.10. The van der Waals surface area contributed by atoms with E-state index in [1.807, 2.05) is 6.92 Å². The minimum absolute atomic E-state index is 0.326. The first-order valence-electron chi connectivity index (χ1n) is 6.71. The summed E-state index contributed by atoms with van der Waals surface area (Å²) in [5.41, 5.74) is -0.548. The maximum absolute atomic E-state index is 13.4. The molecule has 0 aromatic heterocycles. The van der Waals surface area contributed by atoms with E-state index in [1.54, 1.807) is 0 Å². The van der Waals surface area contributed by atoms with Crippen LogP contribution in [0.3, 0.4) is 0 Å². The van der Waals surface area contributed by atoms with Gasteiger partial charge in [-0.1, -0.05) is 6.92 Å². The first-order chi connectivity index (χ1) is 9.40. The van der Waals surface area contributed by atoms with Crippen LogP contribution in [0.2, 0.25) is 0 Å². The molecule has 0 aliphatic carbocycles. The average molecular weight is 290 g/mol. The molecule has 1 fully saturated rings. The fourth-order valence-corrected chi connectivity index (χ4v) is 2.35. The number of nitrogens with zero attached hydrogens (tertiary/aromatic N) is 1. The van der Waals surface area contributed by atoms with Crippen LogP contribution in [-0.2, 0) is 12.7 Å². The summed E-state index contributed by atoms with van der Waals surface area (Å²) in [6.07, 6.45) is -3.59. The van der Waals surface area contributed by atoms with Gasteiger partial charge in [-0.05, 0) is 36.7 Å². The van der Waals surface area contributed by atoms with Crippen LogP contribution in [0, 0.1) is 5.82 Å². The standard InChI is InChI=1S/C14H18F4N2/c1-2-3-20(13-7-19-8-13)9-10-4-11(14(16,17)18)6-12(15)5-10/h4-6,13,19H,2-3,7-9H2,1H3. The van der Waals surface area contributed by atoms with Gasteiger partial charge in [0, 0.05) is 25.7 Å². The van der Waals surface area contributed by atoms with Crippen molar-refractivity contribution in [3.8, 4) is 0 Å². The van der Waals surface area contributed by atoms with E-state index in [0.29, 0.717) is 24.2 Å². The lowest BCUT2D eigenvalue weighted by Gasteiger charge is -2.38. The molecule has 6 heteroatoms. The Morgan fingerprint density at radius 1 is 1.25 bits per heavy atom. The van der Waals surface area contributed by atoms with Crippen molar-refractivity contribution >= 4 is 0 Å². The van der Waals surface area contributed by atoms with Crippen molar-refractivity contribution in [2.75, 3.05) is 19.6 Å². The summed E-state index contributed by atoms with van der Waals surface area (Å²) in [7, 11) is 0. The first kappa shape index (κ1) is 15.3. The molecule has 2 nitrogen and oxygen atoms in total. The molecule has 0 bridgehead atoms. The molecule has 112 valence electrons. The van der Waals surface area contributed by atoms with E-state index in [0.717, 1.165) is 32.1 Å². The Balaban J connectivity index is 2.16. The van der Waals surface area contributed by atoms with E-state index in [9.17, 15) is 17.6 Å². The van der Waals surface area contributed by atoms with Crippen molar-refractivity contribution in [1.82, 2.24) is 10.2 Å². The molecular formula is C14H18F4N2. The molecule has 1 saturated heterocycles. The van der Waals surface area contributed by atoms with E-state index >= 15 is 0 Å². The molecular weight excluding hydrogens is 272 g/mol. The molecule has 1 N–H and O–H groups in total. The van der Waals surface area contributed by atoms with Crippen molar-refractivity contribution in [2.45, 2.75) is 32.1 Å². The first-order valence-corrected chi connectivity index (χ1v) is 6.71. The normalized spacial score (nSPS) is 16.5. The zero-order chi connectivity index (χ0) is 14.8. The van der Waals surface area contributed by atoms with Crippen molar-refractivity contribution in [3.63, 3.8) is 0 Å². The molecule has 2 rings (SSSR count). The van der Waals surface area contributed by atoms with Crippen LogP contribution in [0.25, 0.3) is 0 Å². The zero-order valence-corrected chi connectivity index (χ0v) is 11.3. The Morgan fingerprint density at radius 2 is 1.95 bits per heavy atom. The van der Waals surface area contributed by atoms with Crippen LogP contribution in [0.15, 0.2) is 18.2 Å². The summed E-state index contributed by atoms with van der Waals surface area (Å²) in [5, 5.41) is 3.14. The zero-order valence-electron chi connectivity index (χ0n) is 11.3. The smallest absolute Gasteiger partial charge is 0.314 e. The predicted molar refractivity (Wildman–Crippen MR) is 68.8 cm³/mol. The van der Waals surface area contributed by atoms with Gasteiger partial charge in [0.15, 0.2) is 0 Å². The summed E-state index contributed by atoms with van der Waals surface area (Å²) in [6.45, 7) is 4.83. The second-order valence-electron chi connectivity index (χ2n) is 5.13. The maximum atomic E-state index is 13.4. The highest BCUT2D eigenvalue weighted by molar-refractivity contribution is 5.27. The Labute approximate surface area is 115 Å². The van der Waals surface area contributed by atoms with Crippen molar-refractivity contribution in [3.05, 3.63) is 35.1 Å². The van der Waals surface area contributed by atoms with Crippen LogP contribution in [-0.4, -0.2) is 30.6 Å². The van der Waals surface area contributed by atoms with Gasteiger partial charge in [0.1, 0.15) is 5.82 Å². The molecule has 0 saturated carbocycles. The monoisotopic (exact) mass is 290 g/mol. The molecule has 0 atom stereocenters. The van der Waals surface area contributed by atoms with E-state index < -0.39 is 17.6 Å². The molecule has 1 aromatic rings.